The summed E-state index contributed by atoms with van der Waals surface area (Å²) in [4.78, 5) is 35.3. The van der Waals surface area contributed by atoms with E-state index in [-0.39, 0.29) is 12.1 Å². The van der Waals surface area contributed by atoms with Crippen LogP contribution in [0.2, 0.25) is 5.02 Å². The summed E-state index contributed by atoms with van der Waals surface area (Å²) >= 11 is 6.09. The Morgan fingerprint density at radius 2 is 0.821 bits per heavy atom. The van der Waals surface area contributed by atoms with Gasteiger partial charge in [0.15, 0.2) is 0 Å². The van der Waals surface area contributed by atoms with Crippen LogP contribution in [0.1, 0.15) is 85.6 Å². The van der Waals surface area contributed by atoms with Crippen molar-refractivity contribution in [1.29, 1.82) is 0 Å². The molecule has 3 aromatic heterocycles. The Balaban J connectivity index is 0.000000133. The number of aryl methyl sites for hydroxylation is 1. The van der Waals surface area contributed by atoms with E-state index < -0.39 is 11.7 Å². The molecule has 0 spiro atoms. The van der Waals surface area contributed by atoms with Crippen molar-refractivity contribution >= 4 is 79.6 Å². The van der Waals surface area contributed by atoms with Crippen molar-refractivity contribution in [3.05, 3.63) is 178 Å². The summed E-state index contributed by atoms with van der Waals surface area (Å²) in [5, 5.41) is 13.8. The number of benzene rings is 6. The van der Waals surface area contributed by atoms with E-state index in [0.717, 1.165) is 132 Å². The van der Waals surface area contributed by atoms with Gasteiger partial charge in [-0.25, -0.2) is 15.0 Å². The van der Waals surface area contributed by atoms with Gasteiger partial charge in [0.1, 0.15) is 17.5 Å². The third-order valence-corrected chi connectivity index (χ3v) is 14.6. The first-order valence-corrected chi connectivity index (χ1v) is 27.7. The average molecular weight is 1070 g/mol. The molecule has 12 nitrogen and oxygen atoms in total. The first kappa shape index (κ1) is 53.6. The van der Waals surface area contributed by atoms with Crippen molar-refractivity contribution in [3.8, 4) is 0 Å². The van der Waals surface area contributed by atoms with Crippen LogP contribution in [0.15, 0.2) is 146 Å². The molecule has 0 amide bonds. The number of aromatic nitrogens is 6. The van der Waals surface area contributed by atoms with Gasteiger partial charge >= 0.3 is 6.18 Å². The average Bonchev–Trinajstić information content (AvgIpc) is 3.52. The van der Waals surface area contributed by atoms with Crippen LogP contribution in [0.5, 0.6) is 0 Å². The van der Waals surface area contributed by atoms with Gasteiger partial charge in [-0.1, -0.05) is 108 Å². The minimum absolute atomic E-state index is 0.0378. The van der Waals surface area contributed by atoms with E-state index in [1.807, 2.05) is 66.7 Å². The molecule has 6 aromatic carbocycles. The third-order valence-electron chi connectivity index (χ3n) is 14.4. The number of alkyl halides is 3. The molecule has 0 atom stereocenters. The highest BCUT2D eigenvalue weighted by molar-refractivity contribution is 6.30. The molecule has 0 unspecified atom stereocenters. The summed E-state index contributed by atoms with van der Waals surface area (Å²) in [5.41, 5.74) is 6.00. The van der Waals surface area contributed by atoms with Gasteiger partial charge in [-0.2, -0.15) is 28.1 Å². The Hall–Kier alpha value is -7.78. The zero-order valence-electron chi connectivity index (χ0n) is 44.1. The standard InChI is InChI=1S/C21H21F3N4.C21H24N4.C20H21ClN4/c22-21(23,24)17-10-4-2-8-15(17)14-25-19-16-9-3-5-11-18(16)26-20(27-19)28-12-6-1-7-13-28;1-16-9-11-17(12-10-16)15-22-20-18-7-3-4-8-19(18)23-21(24-20)25-13-5-2-6-14-25;21-16-8-6-7-15(13-16)14-22-19-17-9-2-3-10-18(17)23-20(24-19)25-11-4-1-5-12-25/h2-5,8-11H,1,6-7,12-14H2,(H,25,26,27);3-4,7-12H,2,5-6,13-15H2,1H3,(H,22,23,24);2-3,6-10,13H,1,4-5,11-12,14H2,(H,22,23,24). The van der Waals surface area contributed by atoms with Crippen molar-refractivity contribution in [3.63, 3.8) is 0 Å². The highest BCUT2D eigenvalue weighted by atomic mass is 35.5. The number of hydrogen-bond acceptors (Lipinski definition) is 12. The lowest BCUT2D eigenvalue weighted by Gasteiger charge is -2.27. The van der Waals surface area contributed by atoms with E-state index in [4.69, 9.17) is 31.5 Å². The van der Waals surface area contributed by atoms with Crippen LogP contribution in [-0.4, -0.2) is 69.2 Å². The molecule has 0 radical (unpaired) electrons. The third kappa shape index (κ3) is 13.8. The van der Waals surface area contributed by atoms with Gasteiger partial charge in [0.2, 0.25) is 17.8 Å². The van der Waals surface area contributed by atoms with Crippen LogP contribution in [0.25, 0.3) is 32.7 Å². The highest BCUT2D eigenvalue weighted by Crippen LogP contribution is 2.34. The van der Waals surface area contributed by atoms with Crippen LogP contribution in [0, 0.1) is 6.92 Å². The molecular formula is C62H66ClF3N12. The number of nitrogens with zero attached hydrogens (tertiary/aromatic N) is 9. The largest absolute Gasteiger partial charge is 0.416 e. The molecule has 0 saturated carbocycles. The first-order valence-electron chi connectivity index (χ1n) is 27.3. The number of piperidine rings is 3. The quantitative estimate of drug-likeness (QED) is 0.108. The Labute approximate surface area is 459 Å². The second kappa shape index (κ2) is 25.6. The summed E-state index contributed by atoms with van der Waals surface area (Å²) in [6, 6.07) is 46.1. The topological polar surface area (TPSA) is 123 Å². The Morgan fingerprint density at radius 1 is 0.423 bits per heavy atom. The number of halogens is 4. The van der Waals surface area contributed by atoms with Crippen molar-refractivity contribution in [2.24, 2.45) is 0 Å². The van der Waals surface area contributed by atoms with E-state index in [1.165, 1.54) is 68.2 Å². The summed E-state index contributed by atoms with van der Waals surface area (Å²) in [6.45, 7) is 9.56. The minimum atomic E-state index is -4.38. The zero-order chi connectivity index (χ0) is 53.7. The molecule has 3 aliphatic heterocycles. The molecule has 0 aliphatic carbocycles. The van der Waals surface area contributed by atoms with Crippen molar-refractivity contribution in [1.82, 2.24) is 29.9 Å². The Kier molecular flexibility index (Phi) is 17.6. The molecule has 3 aliphatic rings. The van der Waals surface area contributed by atoms with Crippen LogP contribution in [0.4, 0.5) is 48.5 Å². The lowest BCUT2D eigenvalue weighted by molar-refractivity contribution is -0.138. The van der Waals surface area contributed by atoms with E-state index in [0.29, 0.717) is 18.3 Å². The molecule has 78 heavy (non-hydrogen) atoms. The summed E-state index contributed by atoms with van der Waals surface area (Å²) < 4.78 is 39.8. The van der Waals surface area contributed by atoms with Gasteiger partial charge in [-0.15, -0.1) is 0 Å². The number of para-hydroxylation sites is 3. The Bertz CT molecular complexity index is 3410. The van der Waals surface area contributed by atoms with Gasteiger partial charge in [0, 0.05) is 80.1 Å². The van der Waals surface area contributed by atoms with E-state index in [1.54, 1.807) is 6.07 Å². The predicted molar refractivity (Wildman–Crippen MR) is 313 cm³/mol. The summed E-state index contributed by atoms with van der Waals surface area (Å²) in [7, 11) is 0. The fourth-order valence-corrected chi connectivity index (χ4v) is 10.4. The molecular weight excluding hydrogens is 1010 g/mol. The second-order valence-corrected chi connectivity index (χ2v) is 20.6. The van der Waals surface area contributed by atoms with Gasteiger partial charge in [-0.05, 0) is 136 Å². The number of hydrogen-bond donors (Lipinski definition) is 3. The maximum Gasteiger partial charge on any atom is 0.416 e. The smallest absolute Gasteiger partial charge is 0.365 e. The van der Waals surface area contributed by atoms with Gasteiger partial charge in [-0.3, -0.25) is 0 Å². The van der Waals surface area contributed by atoms with Gasteiger partial charge in [0.05, 0.1) is 22.1 Å². The molecule has 16 heteroatoms. The molecule has 12 rings (SSSR count). The van der Waals surface area contributed by atoms with E-state index >= 15 is 0 Å². The summed E-state index contributed by atoms with van der Waals surface area (Å²) in [6.07, 6.45) is 6.48. The molecule has 6 heterocycles. The maximum absolute atomic E-state index is 13.3. The van der Waals surface area contributed by atoms with Crippen LogP contribution >= 0.6 is 11.6 Å². The van der Waals surface area contributed by atoms with E-state index in [9.17, 15) is 13.2 Å². The molecule has 3 N–H and O–H groups in total. The fourth-order valence-electron chi connectivity index (χ4n) is 10.2. The molecule has 9 aromatic rings. The predicted octanol–water partition coefficient (Wildman–Crippen LogP) is 14.7. The number of anilines is 6. The van der Waals surface area contributed by atoms with E-state index in [2.05, 4.69) is 102 Å². The highest BCUT2D eigenvalue weighted by Gasteiger charge is 2.33. The zero-order valence-corrected chi connectivity index (χ0v) is 44.9. The van der Waals surface area contributed by atoms with Gasteiger partial charge in [0.25, 0.3) is 0 Å². The fraction of sp³-hybridized carbons (Fsp3) is 0.323. The van der Waals surface area contributed by atoms with Crippen LogP contribution in [-0.2, 0) is 25.8 Å². The van der Waals surface area contributed by atoms with Gasteiger partial charge < -0.3 is 30.7 Å². The van der Waals surface area contributed by atoms with Crippen molar-refractivity contribution in [2.75, 3.05) is 69.9 Å². The lowest BCUT2D eigenvalue weighted by atomic mass is 10.1. The van der Waals surface area contributed by atoms with Crippen LogP contribution in [0.3, 0.4) is 0 Å². The molecule has 402 valence electrons. The molecule has 0 bridgehead atoms. The van der Waals surface area contributed by atoms with Crippen LogP contribution < -0.4 is 30.7 Å². The molecule has 3 fully saturated rings. The minimum Gasteiger partial charge on any atom is -0.365 e. The number of nitrogens with one attached hydrogen (secondary N) is 3. The molecule has 3 saturated heterocycles. The normalized spacial score (nSPS) is 14.8. The summed E-state index contributed by atoms with van der Waals surface area (Å²) in [5.74, 6) is 4.67. The number of fused-ring (bicyclic) bond motifs is 3. The monoisotopic (exact) mass is 1070 g/mol. The SMILES string of the molecule is Cc1ccc(CNc2nc(N3CCCCC3)nc3ccccc23)cc1.Clc1cccc(CNc2nc(N3CCCCC3)nc3ccccc23)c1.FC(F)(F)c1ccccc1CNc1nc(N2CCCCC2)nc2ccccc12. The Morgan fingerprint density at radius 3 is 1.26 bits per heavy atom. The maximum atomic E-state index is 13.3. The first-order chi connectivity index (χ1) is 38.1. The van der Waals surface area contributed by atoms with Crippen molar-refractivity contribution in [2.45, 2.75) is 90.5 Å². The number of rotatable bonds is 12. The second-order valence-electron chi connectivity index (χ2n) is 20.1. The lowest BCUT2D eigenvalue weighted by Crippen LogP contribution is -2.31. The van der Waals surface area contributed by atoms with Crippen molar-refractivity contribution < 1.29 is 13.2 Å².